The van der Waals surface area contributed by atoms with Crippen LogP contribution in [0, 0.1) is 0 Å². The molecule has 28 heavy (non-hydrogen) atoms. The van der Waals surface area contributed by atoms with Crippen LogP contribution in [-0.4, -0.2) is 37.7 Å². The first-order valence-electron chi connectivity index (χ1n) is 9.09. The average molecular weight is 392 g/mol. The average Bonchev–Trinajstić information content (AvgIpc) is 3.41. The molecule has 2 N–H and O–H groups in total. The summed E-state index contributed by atoms with van der Waals surface area (Å²) in [7, 11) is 0. The predicted octanol–water partition coefficient (Wildman–Crippen LogP) is 3.97. The lowest BCUT2D eigenvalue weighted by Gasteiger charge is -2.16. The summed E-state index contributed by atoms with van der Waals surface area (Å²) in [5.74, 6) is 1.61. The summed E-state index contributed by atoms with van der Waals surface area (Å²) in [6, 6.07) is 17.0. The van der Waals surface area contributed by atoms with Crippen molar-refractivity contribution in [1.29, 1.82) is 0 Å². The largest absolute Gasteiger partial charge is 0.342 e. The molecule has 7 heteroatoms. The van der Waals surface area contributed by atoms with Crippen LogP contribution in [0.3, 0.4) is 0 Å². The first-order chi connectivity index (χ1) is 13.7. The first kappa shape index (κ1) is 18.3. The number of hydrogen-bond donors (Lipinski definition) is 2. The molecule has 0 aliphatic rings. The van der Waals surface area contributed by atoms with Crippen LogP contribution in [0.25, 0.3) is 16.7 Å². The van der Waals surface area contributed by atoms with Crippen LogP contribution >= 0.6 is 11.8 Å². The number of rotatable bonds is 7. The van der Waals surface area contributed by atoms with Gasteiger partial charge in [-0.2, -0.15) is 16.9 Å². The fourth-order valence-corrected chi connectivity index (χ4v) is 3.55. The van der Waals surface area contributed by atoms with Crippen molar-refractivity contribution in [3.8, 4) is 5.69 Å². The number of thioether (sulfide) groups is 1. The Morgan fingerprint density at radius 3 is 2.71 bits per heavy atom. The lowest BCUT2D eigenvalue weighted by atomic mass is 10.1. The summed E-state index contributed by atoms with van der Waals surface area (Å²) in [6.45, 7) is 0. The SMILES string of the molecule is CSCC[C@@H](NC(=O)c1ccc(-n2cccn2)cc1)c1nc2ccccc2[nH]1. The number of amides is 1. The number of nitrogens with one attached hydrogen (secondary N) is 2. The number of carbonyl (C=O) groups is 1. The highest BCUT2D eigenvalue weighted by molar-refractivity contribution is 7.98. The monoisotopic (exact) mass is 391 g/mol. The first-order valence-corrected chi connectivity index (χ1v) is 10.5. The summed E-state index contributed by atoms with van der Waals surface area (Å²) in [5.41, 5.74) is 3.41. The van der Waals surface area contributed by atoms with Crippen LogP contribution in [0.4, 0.5) is 0 Å². The molecular formula is C21H21N5OS. The lowest BCUT2D eigenvalue weighted by molar-refractivity contribution is 0.0934. The van der Waals surface area contributed by atoms with E-state index in [1.54, 1.807) is 22.6 Å². The molecule has 0 bridgehead atoms. The quantitative estimate of drug-likeness (QED) is 0.500. The van der Waals surface area contributed by atoms with Crippen molar-refractivity contribution < 1.29 is 4.79 Å². The molecule has 2 heterocycles. The molecule has 6 nitrogen and oxygen atoms in total. The molecular weight excluding hydrogens is 370 g/mol. The minimum atomic E-state index is -0.168. The standard InChI is InChI=1S/C21H21N5OS/c1-28-14-11-19(20-23-17-5-2-3-6-18(17)24-20)25-21(27)15-7-9-16(10-8-15)26-13-4-12-22-26/h2-10,12-13,19H,11,14H2,1H3,(H,23,24)(H,25,27)/t19-/m1/s1. The molecule has 142 valence electrons. The van der Waals surface area contributed by atoms with Gasteiger partial charge < -0.3 is 10.3 Å². The zero-order valence-corrected chi connectivity index (χ0v) is 16.3. The van der Waals surface area contributed by atoms with Crippen LogP contribution in [-0.2, 0) is 0 Å². The highest BCUT2D eigenvalue weighted by atomic mass is 32.2. The fraction of sp³-hybridized carbons (Fsp3) is 0.190. The molecule has 0 radical (unpaired) electrons. The zero-order chi connectivity index (χ0) is 19.3. The molecule has 4 aromatic rings. The Morgan fingerprint density at radius 1 is 1.18 bits per heavy atom. The number of hydrogen-bond acceptors (Lipinski definition) is 4. The number of H-pyrrole nitrogens is 1. The topological polar surface area (TPSA) is 75.6 Å². The van der Waals surface area contributed by atoms with Gasteiger partial charge >= 0.3 is 0 Å². The molecule has 0 aliphatic carbocycles. The number of aromatic amines is 1. The molecule has 2 aromatic carbocycles. The zero-order valence-electron chi connectivity index (χ0n) is 15.5. The van der Waals surface area contributed by atoms with Gasteiger partial charge in [0, 0.05) is 18.0 Å². The number of fused-ring (bicyclic) bond motifs is 1. The number of imidazole rings is 1. The van der Waals surface area contributed by atoms with E-state index < -0.39 is 0 Å². The van der Waals surface area contributed by atoms with E-state index >= 15 is 0 Å². The van der Waals surface area contributed by atoms with E-state index in [-0.39, 0.29) is 11.9 Å². The molecule has 0 saturated carbocycles. The van der Waals surface area contributed by atoms with Crippen molar-refractivity contribution in [3.05, 3.63) is 78.4 Å². The molecule has 0 aliphatic heterocycles. The van der Waals surface area contributed by atoms with Crippen LogP contribution in [0.1, 0.15) is 28.6 Å². The maximum Gasteiger partial charge on any atom is 0.251 e. The second kappa shape index (κ2) is 8.31. The van der Waals surface area contributed by atoms with E-state index in [0.29, 0.717) is 5.56 Å². The van der Waals surface area contributed by atoms with Crippen LogP contribution < -0.4 is 5.32 Å². The number of benzene rings is 2. The van der Waals surface area contributed by atoms with Gasteiger partial charge in [0.15, 0.2) is 0 Å². The molecule has 1 amide bonds. The Hall–Kier alpha value is -3.06. The lowest BCUT2D eigenvalue weighted by Crippen LogP contribution is -2.29. The van der Waals surface area contributed by atoms with Crippen molar-refractivity contribution in [3.63, 3.8) is 0 Å². The second-order valence-corrected chi connectivity index (χ2v) is 7.43. The predicted molar refractivity (Wildman–Crippen MR) is 113 cm³/mol. The van der Waals surface area contributed by atoms with Crippen LogP contribution in [0.15, 0.2) is 67.0 Å². The third-order valence-electron chi connectivity index (χ3n) is 4.55. The molecule has 1 atom stereocenters. The van der Waals surface area contributed by atoms with Gasteiger partial charge in [0.25, 0.3) is 5.91 Å². The van der Waals surface area contributed by atoms with Gasteiger partial charge in [-0.3, -0.25) is 4.79 Å². The van der Waals surface area contributed by atoms with Gasteiger partial charge in [0.05, 0.1) is 22.8 Å². The Balaban J connectivity index is 1.53. The van der Waals surface area contributed by atoms with E-state index in [0.717, 1.165) is 34.7 Å². The van der Waals surface area contributed by atoms with Crippen molar-refractivity contribution in [2.45, 2.75) is 12.5 Å². The summed E-state index contributed by atoms with van der Waals surface area (Å²) in [5, 5.41) is 7.34. The number of carbonyl (C=O) groups excluding carboxylic acids is 1. The highest BCUT2D eigenvalue weighted by Crippen LogP contribution is 2.21. The van der Waals surface area contributed by atoms with Crippen molar-refractivity contribution in [2.75, 3.05) is 12.0 Å². The minimum absolute atomic E-state index is 0.112. The molecule has 2 aromatic heterocycles. The Morgan fingerprint density at radius 2 is 2.00 bits per heavy atom. The van der Waals surface area contributed by atoms with E-state index in [2.05, 4.69) is 26.6 Å². The highest BCUT2D eigenvalue weighted by Gasteiger charge is 2.19. The Bertz CT molecular complexity index is 1020. The normalized spacial score (nSPS) is 12.2. The third-order valence-corrected chi connectivity index (χ3v) is 5.20. The number of nitrogens with zero attached hydrogens (tertiary/aromatic N) is 3. The second-order valence-electron chi connectivity index (χ2n) is 6.44. The Kier molecular flexibility index (Phi) is 5.43. The van der Waals surface area contributed by atoms with Gasteiger partial charge in [-0.25, -0.2) is 9.67 Å². The molecule has 0 unspecified atom stereocenters. The Labute approximate surface area is 167 Å². The fourth-order valence-electron chi connectivity index (χ4n) is 3.08. The van der Waals surface area contributed by atoms with Gasteiger partial charge in [-0.05, 0) is 60.9 Å². The molecule has 0 saturated heterocycles. The minimum Gasteiger partial charge on any atom is -0.342 e. The third kappa shape index (κ3) is 3.94. The molecule has 0 fully saturated rings. The maximum atomic E-state index is 12.8. The summed E-state index contributed by atoms with van der Waals surface area (Å²) in [6.07, 6.45) is 6.46. The van der Waals surface area contributed by atoms with E-state index in [4.69, 9.17) is 0 Å². The maximum absolute atomic E-state index is 12.8. The van der Waals surface area contributed by atoms with Crippen molar-refractivity contribution >= 4 is 28.7 Å². The number of aromatic nitrogens is 4. The molecule has 0 spiro atoms. The van der Waals surface area contributed by atoms with E-state index in [1.807, 2.05) is 60.8 Å². The smallest absolute Gasteiger partial charge is 0.251 e. The van der Waals surface area contributed by atoms with Gasteiger partial charge in [-0.15, -0.1) is 0 Å². The van der Waals surface area contributed by atoms with E-state index in [1.165, 1.54) is 0 Å². The van der Waals surface area contributed by atoms with Crippen molar-refractivity contribution in [2.24, 2.45) is 0 Å². The van der Waals surface area contributed by atoms with Gasteiger partial charge in [-0.1, -0.05) is 12.1 Å². The van der Waals surface area contributed by atoms with Crippen molar-refractivity contribution in [1.82, 2.24) is 25.1 Å². The van der Waals surface area contributed by atoms with Gasteiger partial charge in [0.2, 0.25) is 0 Å². The summed E-state index contributed by atoms with van der Waals surface area (Å²) >= 11 is 1.75. The van der Waals surface area contributed by atoms with Crippen LogP contribution in [0.5, 0.6) is 0 Å². The summed E-state index contributed by atoms with van der Waals surface area (Å²) in [4.78, 5) is 20.8. The molecule has 4 rings (SSSR count). The summed E-state index contributed by atoms with van der Waals surface area (Å²) < 4.78 is 1.76. The number of para-hydroxylation sites is 2. The van der Waals surface area contributed by atoms with Gasteiger partial charge in [0.1, 0.15) is 5.82 Å². The van der Waals surface area contributed by atoms with Crippen LogP contribution in [0.2, 0.25) is 0 Å². The van der Waals surface area contributed by atoms with E-state index in [9.17, 15) is 4.79 Å².